The fourth-order valence-corrected chi connectivity index (χ4v) is 3.46. The molecule has 0 spiro atoms. The van der Waals surface area contributed by atoms with Crippen molar-refractivity contribution in [2.45, 2.75) is 39.5 Å². The van der Waals surface area contributed by atoms with Gasteiger partial charge < -0.3 is 9.64 Å². The van der Waals surface area contributed by atoms with Crippen LogP contribution in [-0.4, -0.2) is 36.1 Å². The molecule has 0 saturated carbocycles. The van der Waals surface area contributed by atoms with Crippen LogP contribution >= 0.6 is 0 Å². The molecule has 0 saturated heterocycles. The first kappa shape index (κ1) is 27.3. The Morgan fingerprint density at radius 2 is 1.73 bits per heavy atom. The Morgan fingerprint density at radius 1 is 1.00 bits per heavy atom. The maximum absolute atomic E-state index is 11.4. The molecule has 0 amide bonds. The van der Waals surface area contributed by atoms with Crippen LogP contribution in [0.1, 0.15) is 49.4 Å². The van der Waals surface area contributed by atoms with Crippen LogP contribution in [-0.2, 0) is 9.53 Å². The number of anilines is 1. The number of ether oxygens (including phenoxy) is 1. The third kappa shape index (κ3) is 9.34. The summed E-state index contributed by atoms with van der Waals surface area (Å²) in [5.41, 5.74) is 5.74. The van der Waals surface area contributed by atoms with Crippen molar-refractivity contribution in [1.29, 1.82) is 0 Å². The van der Waals surface area contributed by atoms with E-state index in [9.17, 15) is 4.79 Å². The molecular formula is C30H33N5O2. The molecule has 0 fully saturated rings. The molecule has 0 aliphatic carbocycles. The highest BCUT2D eigenvalue weighted by Crippen LogP contribution is 2.23. The van der Waals surface area contributed by atoms with Crippen LogP contribution in [0.15, 0.2) is 83.4 Å². The third-order valence-electron chi connectivity index (χ3n) is 5.64. The molecule has 1 aromatic heterocycles. The Balaban J connectivity index is 1.44. The van der Waals surface area contributed by atoms with E-state index < -0.39 is 0 Å². The topological polar surface area (TPSA) is 80.0 Å². The second-order valence-electron chi connectivity index (χ2n) is 8.81. The molecule has 0 bridgehead atoms. The molecule has 0 aliphatic heterocycles. The van der Waals surface area contributed by atoms with E-state index in [0.29, 0.717) is 17.9 Å². The highest BCUT2D eigenvalue weighted by atomic mass is 16.5. The number of azo groups is 1. The van der Waals surface area contributed by atoms with Gasteiger partial charge in [0.1, 0.15) is 5.69 Å². The van der Waals surface area contributed by atoms with Gasteiger partial charge in [0.05, 0.1) is 24.2 Å². The summed E-state index contributed by atoms with van der Waals surface area (Å²) >= 11 is 0. The second-order valence-corrected chi connectivity index (χ2v) is 8.81. The average Bonchev–Trinajstić information content (AvgIpc) is 2.91. The zero-order chi connectivity index (χ0) is 26.5. The number of aryl methyl sites for hydroxylation is 1. The summed E-state index contributed by atoms with van der Waals surface area (Å²) < 4.78 is 5.12. The average molecular weight is 496 g/mol. The number of esters is 1. The highest BCUT2D eigenvalue weighted by Gasteiger charge is 2.04. The number of benzene rings is 2. The summed E-state index contributed by atoms with van der Waals surface area (Å²) in [5.74, 6) is 5.85. The minimum absolute atomic E-state index is 0.309. The molecule has 3 aromatic rings. The first-order chi connectivity index (χ1) is 17.9. The van der Waals surface area contributed by atoms with Gasteiger partial charge in [-0.3, -0.25) is 4.98 Å². The number of carbonyl (C=O) groups is 1. The summed E-state index contributed by atoms with van der Waals surface area (Å²) in [7, 11) is 2.09. The fraction of sp³-hybridized carbons (Fsp3) is 0.300. The molecule has 0 unspecified atom stereocenters. The molecule has 3 rings (SSSR count). The van der Waals surface area contributed by atoms with E-state index in [2.05, 4.69) is 62.7 Å². The summed E-state index contributed by atoms with van der Waals surface area (Å²) in [5, 5.41) is 8.76. The normalized spacial score (nSPS) is 10.6. The van der Waals surface area contributed by atoms with Crippen molar-refractivity contribution < 1.29 is 9.53 Å². The highest BCUT2D eigenvalue weighted by molar-refractivity contribution is 5.86. The monoisotopic (exact) mass is 495 g/mol. The number of hydrogen-bond donors (Lipinski definition) is 0. The van der Waals surface area contributed by atoms with Gasteiger partial charge in [0.25, 0.3) is 0 Å². The minimum atomic E-state index is -0.309. The lowest BCUT2D eigenvalue weighted by Gasteiger charge is -2.19. The summed E-state index contributed by atoms with van der Waals surface area (Å²) in [4.78, 5) is 21.8. The van der Waals surface area contributed by atoms with Gasteiger partial charge in [0.15, 0.2) is 0 Å². The summed E-state index contributed by atoms with van der Waals surface area (Å²) in [6.45, 7) is 8.66. The van der Waals surface area contributed by atoms with Crippen LogP contribution in [0.5, 0.6) is 0 Å². The van der Waals surface area contributed by atoms with Gasteiger partial charge in [-0.05, 0) is 87.1 Å². The van der Waals surface area contributed by atoms with Crippen molar-refractivity contribution in [1.82, 2.24) is 9.97 Å². The summed E-state index contributed by atoms with van der Waals surface area (Å²) in [6.07, 6.45) is 8.97. The Hall–Kier alpha value is -4.31. The molecule has 2 aromatic carbocycles. The van der Waals surface area contributed by atoms with Crippen molar-refractivity contribution in [3.8, 4) is 11.8 Å². The predicted octanol–water partition coefficient (Wildman–Crippen LogP) is 6.72. The van der Waals surface area contributed by atoms with E-state index in [0.717, 1.165) is 60.4 Å². The molecule has 0 atom stereocenters. The predicted molar refractivity (Wildman–Crippen MR) is 147 cm³/mol. The van der Waals surface area contributed by atoms with Gasteiger partial charge in [-0.2, -0.15) is 10.2 Å². The molecule has 0 aliphatic rings. The molecule has 37 heavy (non-hydrogen) atoms. The Bertz CT molecular complexity index is 1270. The number of carbonyl (C=O) groups excluding carboxylic acids is 1. The van der Waals surface area contributed by atoms with Crippen LogP contribution in [0.4, 0.5) is 17.1 Å². The molecule has 0 radical (unpaired) electrons. The minimum Gasteiger partial charge on any atom is -0.462 e. The zero-order valence-corrected chi connectivity index (χ0v) is 21.8. The lowest BCUT2D eigenvalue weighted by Crippen LogP contribution is -2.18. The maximum atomic E-state index is 11.4. The number of aromatic nitrogens is 2. The van der Waals surface area contributed by atoms with Crippen molar-refractivity contribution in [2.75, 3.05) is 25.1 Å². The molecule has 7 heteroatoms. The van der Waals surface area contributed by atoms with E-state index in [1.807, 2.05) is 37.3 Å². The second kappa shape index (κ2) is 14.3. The first-order valence-corrected chi connectivity index (χ1v) is 12.4. The van der Waals surface area contributed by atoms with Crippen molar-refractivity contribution in [2.24, 2.45) is 10.2 Å². The van der Waals surface area contributed by atoms with E-state index in [1.165, 1.54) is 0 Å². The van der Waals surface area contributed by atoms with Gasteiger partial charge in [-0.15, -0.1) is 0 Å². The quantitative estimate of drug-likeness (QED) is 0.0970. The molecule has 190 valence electrons. The molecular weight excluding hydrogens is 462 g/mol. The maximum Gasteiger partial charge on any atom is 0.333 e. The van der Waals surface area contributed by atoms with Crippen LogP contribution < -0.4 is 4.90 Å². The van der Waals surface area contributed by atoms with Crippen molar-refractivity contribution in [3.05, 3.63) is 90.0 Å². The van der Waals surface area contributed by atoms with Gasteiger partial charge in [-0.1, -0.05) is 18.9 Å². The zero-order valence-electron chi connectivity index (χ0n) is 21.8. The number of hydrogen-bond acceptors (Lipinski definition) is 7. The van der Waals surface area contributed by atoms with E-state index in [1.54, 1.807) is 25.5 Å². The van der Waals surface area contributed by atoms with Crippen LogP contribution in [0, 0.1) is 18.8 Å². The number of rotatable bonds is 11. The van der Waals surface area contributed by atoms with E-state index in [-0.39, 0.29) is 5.97 Å². The number of unbranched alkanes of at least 4 members (excludes halogenated alkanes) is 3. The number of nitrogens with zero attached hydrogens (tertiary/aromatic N) is 5. The van der Waals surface area contributed by atoms with Crippen LogP contribution in [0.3, 0.4) is 0 Å². The van der Waals surface area contributed by atoms with Crippen molar-refractivity contribution in [3.63, 3.8) is 0 Å². The SMILES string of the molecule is C=C(C)C(=O)OCCCCCCN(C)c1ccc(N=Nc2ccc(C#Cc3cnccn3)c(C)c2)cc1. The molecule has 1 heterocycles. The first-order valence-electron chi connectivity index (χ1n) is 12.4. The Kier molecular flexibility index (Phi) is 10.5. The third-order valence-corrected chi connectivity index (χ3v) is 5.64. The van der Waals surface area contributed by atoms with Gasteiger partial charge >= 0.3 is 5.97 Å². The largest absolute Gasteiger partial charge is 0.462 e. The van der Waals surface area contributed by atoms with Crippen molar-refractivity contribution >= 4 is 23.0 Å². The fourth-order valence-electron chi connectivity index (χ4n) is 3.46. The van der Waals surface area contributed by atoms with Crippen LogP contribution in [0.25, 0.3) is 0 Å². The Labute approximate surface area is 219 Å². The standard InChI is InChI=1S/C30H33N5O2/c1-23(2)30(36)37-20-8-6-5-7-19-35(4)29-15-13-26(14-16-29)33-34-27-11-9-25(24(3)21-27)10-12-28-22-31-17-18-32-28/h9,11,13-18,21-22H,1,5-8,19-20H2,2-4H3. The summed E-state index contributed by atoms with van der Waals surface area (Å²) in [6, 6.07) is 13.9. The van der Waals surface area contributed by atoms with Crippen LogP contribution in [0.2, 0.25) is 0 Å². The van der Waals surface area contributed by atoms with Gasteiger partial charge in [0, 0.05) is 42.8 Å². The van der Waals surface area contributed by atoms with Gasteiger partial charge in [-0.25, -0.2) is 9.78 Å². The Morgan fingerprint density at radius 3 is 2.43 bits per heavy atom. The lowest BCUT2D eigenvalue weighted by molar-refractivity contribution is -0.139. The smallest absolute Gasteiger partial charge is 0.333 e. The van der Waals surface area contributed by atoms with E-state index >= 15 is 0 Å². The lowest BCUT2D eigenvalue weighted by atomic mass is 10.1. The van der Waals surface area contributed by atoms with E-state index in [4.69, 9.17) is 4.74 Å². The molecule has 0 N–H and O–H groups in total. The van der Waals surface area contributed by atoms with Gasteiger partial charge in [0.2, 0.25) is 0 Å². The molecule has 7 nitrogen and oxygen atoms in total.